The van der Waals surface area contributed by atoms with Crippen LogP contribution in [0.2, 0.25) is 0 Å². The lowest BCUT2D eigenvalue weighted by Gasteiger charge is -2.30. The summed E-state index contributed by atoms with van der Waals surface area (Å²) < 4.78 is 5.13. The van der Waals surface area contributed by atoms with Gasteiger partial charge in [0.25, 0.3) is 0 Å². The number of benzene rings is 1. The smallest absolute Gasteiger partial charge is 0.222 e. The molecule has 122 valence electrons. The zero-order valence-corrected chi connectivity index (χ0v) is 14.1. The Morgan fingerprint density at radius 1 is 1.23 bits per heavy atom. The first-order valence-corrected chi connectivity index (χ1v) is 7.88. The van der Waals surface area contributed by atoms with Gasteiger partial charge in [0.05, 0.1) is 12.7 Å². The highest BCUT2D eigenvalue weighted by Gasteiger charge is 2.48. The van der Waals surface area contributed by atoms with Gasteiger partial charge >= 0.3 is 0 Å². The molecule has 4 nitrogen and oxygen atoms in total. The van der Waals surface area contributed by atoms with E-state index in [1.165, 1.54) is 5.56 Å². The van der Waals surface area contributed by atoms with Crippen molar-refractivity contribution in [2.24, 2.45) is 5.41 Å². The van der Waals surface area contributed by atoms with Crippen LogP contribution in [0, 0.1) is 5.41 Å². The summed E-state index contributed by atoms with van der Waals surface area (Å²) in [7, 11) is 1.65. The first kappa shape index (κ1) is 16.8. The van der Waals surface area contributed by atoms with E-state index in [9.17, 15) is 9.90 Å². The molecule has 1 heterocycles. The lowest BCUT2D eigenvalue weighted by Crippen LogP contribution is -2.40. The molecule has 0 aliphatic carbocycles. The quantitative estimate of drug-likeness (QED) is 0.910. The Balaban J connectivity index is 1.81. The fraction of sp³-hybridized carbons (Fsp3) is 0.611. The molecule has 1 atom stereocenters. The van der Waals surface area contributed by atoms with E-state index in [4.69, 9.17) is 4.74 Å². The number of aliphatic hydroxyl groups is 1. The summed E-state index contributed by atoms with van der Waals surface area (Å²) in [4.78, 5) is 14.1. The molecule has 1 aromatic rings. The van der Waals surface area contributed by atoms with Crippen LogP contribution in [0.4, 0.5) is 0 Å². The van der Waals surface area contributed by atoms with Crippen molar-refractivity contribution < 1.29 is 14.6 Å². The predicted molar refractivity (Wildman–Crippen MR) is 86.9 cm³/mol. The number of amides is 1. The highest BCUT2D eigenvalue weighted by atomic mass is 16.5. The summed E-state index contributed by atoms with van der Waals surface area (Å²) in [5.41, 5.74) is 0.152. The fourth-order valence-electron chi connectivity index (χ4n) is 2.86. The van der Waals surface area contributed by atoms with Crippen LogP contribution >= 0.6 is 0 Å². The first-order valence-electron chi connectivity index (χ1n) is 7.88. The van der Waals surface area contributed by atoms with E-state index in [0.717, 1.165) is 18.6 Å². The van der Waals surface area contributed by atoms with Crippen molar-refractivity contribution in [3.05, 3.63) is 29.8 Å². The number of hydrogen-bond acceptors (Lipinski definition) is 3. The Labute approximate surface area is 133 Å². The third-order valence-electron chi connectivity index (χ3n) is 4.91. The molecule has 22 heavy (non-hydrogen) atoms. The Hall–Kier alpha value is -1.55. The van der Waals surface area contributed by atoms with Gasteiger partial charge in [-0.2, -0.15) is 0 Å². The van der Waals surface area contributed by atoms with Gasteiger partial charge in [0.1, 0.15) is 5.75 Å². The van der Waals surface area contributed by atoms with Crippen LogP contribution < -0.4 is 4.74 Å². The van der Waals surface area contributed by atoms with E-state index in [-0.39, 0.29) is 11.3 Å². The normalized spacial score (nSPS) is 23.6. The molecule has 0 saturated carbocycles. The number of carbonyl (C=O) groups excluding carboxylic acids is 1. The predicted octanol–water partition coefficient (Wildman–Crippen LogP) is 2.64. The lowest BCUT2D eigenvalue weighted by molar-refractivity contribution is -0.131. The van der Waals surface area contributed by atoms with E-state index < -0.39 is 5.60 Å². The Morgan fingerprint density at radius 2 is 1.86 bits per heavy atom. The van der Waals surface area contributed by atoms with Crippen LogP contribution in [-0.4, -0.2) is 41.7 Å². The van der Waals surface area contributed by atoms with Gasteiger partial charge in [0.15, 0.2) is 0 Å². The standard InChI is InChI=1S/C18H27NO3/c1-17(2)12-19(13-18(17,3)21)16(20)7-5-6-14-8-10-15(22-4)11-9-14/h8-11,21H,5-7,12-13H2,1-4H3/t18-/m1/s1. The van der Waals surface area contributed by atoms with Crippen molar-refractivity contribution in [3.63, 3.8) is 0 Å². The lowest BCUT2D eigenvalue weighted by atomic mass is 9.79. The summed E-state index contributed by atoms with van der Waals surface area (Å²) >= 11 is 0. The minimum atomic E-state index is -0.807. The molecule has 0 radical (unpaired) electrons. The SMILES string of the molecule is COc1ccc(CCCC(=O)N2CC(C)(C)[C@](C)(O)C2)cc1. The summed E-state index contributed by atoms with van der Waals surface area (Å²) in [6.07, 6.45) is 2.23. The van der Waals surface area contributed by atoms with E-state index in [1.54, 1.807) is 12.0 Å². The number of carbonyl (C=O) groups is 1. The molecule has 4 heteroatoms. The third kappa shape index (κ3) is 3.61. The largest absolute Gasteiger partial charge is 0.497 e. The van der Waals surface area contributed by atoms with Crippen LogP contribution in [0.5, 0.6) is 5.75 Å². The van der Waals surface area contributed by atoms with Crippen molar-refractivity contribution in [2.45, 2.75) is 45.6 Å². The summed E-state index contributed by atoms with van der Waals surface area (Å²) in [5, 5.41) is 10.4. The van der Waals surface area contributed by atoms with Gasteiger partial charge in [-0.05, 0) is 37.5 Å². The van der Waals surface area contributed by atoms with Gasteiger partial charge in [-0.1, -0.05) is 26.0 Å². The Morgan fingerprint density at radius 3 is 2.36 bits per heavy atom. The van der Waals surface area contributed by atoms with E-state index in [0.29, 0.717) is 19.5 Å². The average molecular weight is 305 g/mol. The summed E-state index contributed by atoms with van der Waals surface area (Å²) in [5.74, 6) is 0.987. The summed E-state index contributed by atoms with van der Waals surface area (Å²) in [6.45, 7) is 6.90. The number of β-amino-alcohol motifs (C(OH)–C–C–N with tert-alkyl or cyclic N) is 1. The van der Waals surface area contributed by atoms with Crippen LogP contribution in [-0.2, 0) is 11.2 Å². The maximum Gasteiger partial charge on any atom is 0.222 e. The second-order valence-corrected chi connectivity index (χ2v) is 7.11. The first-order chi connectivity index (χ1) is 10.2. The topological polar surface area (TPSA) is 49.8 Å². The van der Waals surface area contributed by atoms with Crippen LogP contribution in [0.3, 0.4) is 0 Å². The second-order valence-electron chi connectivity index (χ2n) is 7.11. The second kappa shape index (κ2) is 6.29. The fourth-order valence-corrected chi connectivity index (χ4v) is 2.86. The molecule has 0 aromatic heterocycles. The van der Waals surface area contributed by atoms with Crippen molar-refractivity contribution in [3.8, 4) is 5.75 Å². The molecule has 1 fully saturated rings. The van der Waals surface area contributed by atoms with Gasteiger partial charge in [-0.15, -0.1) is 0 Å². The van der Waals surface area contributed by atoms with Crippen molar-refractivity contribution in [1.29, 1.82) is 0 Å². The molecule has 0 bridgehead atoms. The monoisotopic (exact) mass is 305 g/mol. The minimum absolute atomic E-state index is 0.138. The van der Waals surface area contributed by atoms with Crippen molar-refractivity contribution >= 4 is 5.91 Å². The third-order valence-corrected chi connectivity index (χ3v) is 4.91. The van der Waals surface area contributed by atoms with Crippen molar-refractivity contribution in [2.75, 3.05) is 20.2 Å². The zero-order chi connectivity index (χ0) is 16.4. The molecule has 1 N–H and O–H groups in total. The van der Waals surface area contributed by atoms with Gasteiger partial charge < -0.3 is 14.7 Å². The molecule has 0 spiro atoms. The van der Waals surface area contributed by atoms with Crippen molar-refractivity contribution in [1.82, 2.24) is 4.90 Å². The number of ether oxygens (including phenoxy) is 1. The van der Waals surface area contributed by atoms with E-state index >= 15 is 0 Å². The van der Waals surface area contributed by atoms with Crippen LogP contribution in [0.15, 0.2) is 24.3 Å². The van der Waals surface area contributed by atoms with E-state index in [2.05, 4.69) is 0 Å². The van der Waals surface area contributed by atoms with Crippen LogP contribution in [0.25, 0.3) is 0 Å². The van der Waals surface area contributed by atoms with Gasteiger partial charge in [-0.3, -0.25) is 4.79 Å². The molecular weight excluding hydrogens is 278 g/mol. The zero-order valence-electron chi connectivity index (χ0n) is 14.1. The highest BCUT2D eigenvalue weighted by molar-refractivity contribution is 5.76. The van der Waals surface area contributed by atoms with Gasteiger partial charge in [0.2, 0.25) is 5.91 Å². The average Bonchev–Trinajstić information content (AvgIpc) is 2.68. The number of nitrogens with zero attached hydrogens (tertiary/aromatic N) is 1. The molecule has 1 amide bonds. The van der Waals surface area contributed by atoms with Gasteiger partial charge in [0, 0.05) is 24.9 Å². The molecule has 1 saturated heterocycles. The van der Waals surface area contributed by atoms with Crippen LogP contribution in [0.1, 0.15) is 39.2 Å². The Kier molecular flexibility index (Phi) is 4.81. The maximum atomic E-state index is 12.3. The summed E-state index contributed by atoms with van der Waals surface area (Å²) in [6, 6.07) is 7.95. The Bertz CT molecular complexity index is 504. The highest BCUT2D eigenvalue weighted by Crippen LogP contribution is 2.38. The molecule has 1 aliphatic rings. The molecule has 1 aliphatic heterocycles. The number of likely N-dealkylation sites (tertiary alicyclic amines) is 1. The maximum absolute atomic E-state index is 12.3. The van der Waals surface area contributed by atoms with Gasteiger partial charge in [-0.25, -0.2) is 0 Å². The number of methoxy groups -OCH3 is 1. The minimum Gasteiger partial charge on any atom is -0.497 e. The van der Waals surface area contributed by atoms with E-state index in [1.807, 2.05) is 45.0 Å². The molecule has 1 aromatic carbocycles. The molecular formula is C18H27NO3. The molecule has 2 rings (SSSR count). The number of rotatable bonds is 5. The number of aryl methyl sites for hydroxylation is 1. The number of hydrogen-bond donors (Lipinski definition) is 1. The molecule has 0 unspecified atom stereocenters.